The van der Waals surface area contributed by atoms with Gasteiger partial charge < -0.3 is 14.6 Å². The normalized spacial score (nSPS) is 16.7. The van der Waals surface area contributed by atoms with Crippen molar-refractivity contribution in [3.63, 3.8) is 0 Å². The van der Waals surface area contributed by atoms with Crippen LogP contribution in [0.4, 0.5) is 0 Å². The van der Waals surface area contributed by atoms with Crippen molar-refractivity contribution in [2.24, 2.45) is 7.05 Å². The third kappa shape index (κ3) is 6.69. The van der Waals surface area contributed by atoms with E-state index in [1.54, 1.807) is 0 Å². The Morgan fingerprint density at radius 2 is 1.54 bits per heavy atom. The molecule has 238 valence electrons. The first-order chi connectivity index (χ1) is 22.0. The fourth-order valence-corrected chi connectivity index (χ4v) is 8.19. The number of aromatic nitrogens is 1. The summed E-state index contributed by atoms with van der Waals surface area (Å²) in [4.78, 5) is 13.7. The summed E-state index contributed by atoms with van der Waals surface area (Å²) in [5.74, 6) is 0.849. The summed E-state index contributed by atoms with van der Waals surface area (Å²) in [7, 11) is 0.668. The van der Waals surface area contributed by atoms with Crippen LogP contribution in [0.3, 0.4) is 0 Å². The second-order valence-electron chi connectivity index (χ2n) is 14.5. The quantitative estimate of drug-likeness (QED) is 0.161. The van der Waals surface area contributed by atoms with Crippen LogP contribution >= 0.6 is 0 Å². The highest BCUT2D eigenvalue weighted by molar-refractivity contribution is 6.79. The van der Waals surface area contributed by atoms with Crippen LogP contribution in [0.25, 0.3) is 10.9 Å². The molecule has 0 fully saturated rings. The molecule has 1 amide bonds. The Balaban J connectivity index is 1.32. The molecular formula is C40H47N3O2Si. The number of nitrogens with one attached hydrogen (secondary N) is 2. The molecule has 2 unspecified atom stereocenters. The van der Waals surface area contributed by atoms with E-state index in [9.17, 15) is 4.79 Å². The first-order valence-corrected chi connectivity index (χ1v) is 19.7. The number of carbonyl (C=O) groups is 1. The molecule has 0 bridgehead atoms. The molecule has 0 saturated carbocycles. The van der Waals surface area contributed by atoms with Crippen molar-refractivity contribution in [3.8, 4) is 5.75 Å². The van der Waals surface area contributed by atoms with Gasteiger partial charge in [0.2, 0.25) is 5.91 Å². The number of amides is 1. The third-order valence-corrected chi connectivity index (χ3v) is 15.6. The number of benzene rings is 4. The van der Waals surface area contributed by atoms with Crippen LogP contribution in [0, 0.1) is 0 Å². The van der Waals surface area contributed by atoms with Gasteiger partial charge in [0.05, 0.1) is 20.2 Å². The van der Waals surface area contributed by atoms with Crippen molar-refractivity contribution < 1.29 is 9.53 Å². The topological polar surface area (TPSA) is 55.3 Å². The minimum absolute atomic E-state index is 0.0221. The standard InChI is InChI=1S/C40H47N3O2Si/c1-40(2,3)46(5,6)27-30-17-22-33-34-24-35(39(44)41-25-28-13-9-7-10-14-28)42-37(38(34)43(4)36(33)23-30)31-18-20-32(21-19-31)45-26-29-15-11-8-12-16-29/h7-23,35,37,42H,24-27H2,1-6H3,(H,41,44). The molecule has 1 aliphatic rings. The summed E-state index contributed by atoms with van der Waals surface area (Å²) in [6.45, 7) is 13.2. The lowest BCUT2D eigenvalue weighted by molar-refractivity contribution is -0.123. The lowest BCUT2D eigenvalue weighted by Crippen LogP contribution is -2.50. The number of nitrogens with zero attached hydrogens (tertiary/aromatic N) is 1. The van der Waals surface area contributed by atoms with Gasteiger partial charge in [-0.2, -0.15) is 0 Å². The molecule has 0 saturated heterocycles. The number of carbonyl (C=O) groups excluding carboxylic acids is 1. The van der Waals surface area contributed by atoms with Gasteiger partial charge >= 0.3 is 0 Å². The van der Waals surface area contributed by atoms with Crippen LogP contribution in [0.5, 0.6) is 5.75 Å². The summed E-state index contributed by atoms with van der Waals surface area (Å²) in [6, 6.07) is 36.3. The van der Waals surface area contributed by atoms with E-state index in [0.29, 0.717) is 24.6 Å². The number of rotatable bonds is 9. The Morgan fingerprint density at radius 1 is 0.891 bits per heavy atom. The fraction of sp³-hybridized carbons (Fsp3) is 0.325. The number of hydrogen-bond acceptors (Lipinski definition) is 3. The summed E-state index contributed by atoms with van der Waals surface area (Å²) in [5.41, 5.74) is 8.46. The number of fused-ring (bicyclic) bond motifs is 3. The molecule has 5 nitrogen and oxygen atoms in total. The molecule has 4 aromatic carbocycles. The molecule has 0 radical (unpaired) electrons. The molecule has 1 aliphatic heterocycles. The van der Waals surface area contributed by atoms with Crippen molar-refractivity contribution in [3.05, 3.63) is 137 Å². The lowest BCUT2D eigenvalue weighted by atomic mass is 9.89. The largest absolute Gasteiger partial charge is 0.489 e. The maximum atomic E-state index is 13.7. The molecule has 0 spiro atoms. The first kappa shape index (κ1) is 31.8. The van der Waals surface area contributed by atoms with Gasteiger partial charge in [-0.25, -0.2) is 0 Å². The summed E-state index contributed by atoms with van der Waals surface area (Å²) >= 11 is 0. The summed E-state index contributed by atoms with van der Waals surface area (Å²) in [6.07, 6.45) is 0.643. The van der Waals surface area contributed by atoms with Gasteiger partial charge in [0.1, 0.15) is 12.4 Å². The molecule has 2 N–H and O–H groups in total. The molecular weight excluding hydrogens is 583 g/mol. The number of aryl methyl sites for hydroxylation is 1. The van der Waals surface area contributed by atoms with Crippen molar-refractivity contribution in [2.45, 2.75) is 76.6 Å². The molecule has 1 aromatic heterocycles. The van der Waals surface area contributed by atoms with Gasteiger partial charge in [-0.1, -0.05) is 119 Å². The van der Waals surface area contributed by atoms with E-state index in [0.717, 1.165) is 28.5 Å². The maximum absolute atomic E-state index is 13.7. The Morgan fingerprint density at radius 3 is 2.20 bits per heavy atom. The second-order valence-corrected chi connectivity index (χ2v) is 20.1. The Kier molecular flexibility index (Phi) is 8.95. The van der Waals surface area contributed by atoms with E-state index in [1.807, 2.05) is 60.7 Å². The van der Waals surface area contributed by atoms with Gasteiger partial charge in [0, 0.05) is 30.2 Å². The fourth-order valence-electron chi connectivity index (χ4n) is 6.42. The van der Waals surface area contributed by atoms with Crippen LogP contribution in [-0.2, 0) is 37.5 Å². The van der Waals surface area contributed by atoms with Gasteiger partial charge in [0.25, 0.3) is 0 Å². The highest BCUT2D eigenvalue weighted by Crippen LogP contribution is 2.41. The minimum atomic E-state index is -1.51. The monoisotopic (exact) mass is 629 g/mol. The highest BCUT2D eigenvalue weighted by atomic mass is 28.3. The average Bonchev–Trinajstić information content (AvgIpc) is 3.33. The van der Waals surface area contributed by atoms with Gasteiger partial charge in [-0.05, 0) is 63.5 Å². The smallest absolute Gasteiger partial charge is 0.237 e. The Bertz CT molecular complexity index is 1810. The van der Waals surface area contributed by atoms with Crippen molar-refractivity contribution in [1.82, 2.24) is 15.2 Å². The molecule has 46 heavy (non-hydrogen) atoms. The van der Waals surface area contributed by atoms with E-state index in [1.165, 1.54) is 27.7 Å². The Hall–Kier alpha value is -4.13. The van der Waals surface area contributed by atoms with Gasteiger partial charge in [-0.3, -0.25) is 10.1 Å². The highest BCUT2D eigenvalue weighted by Gasteiger charge is 2.37. The van der Waals surface area contributed by atoms with Gasteiger partial charge in [0.15, 0.2) is 0 Å². The van der Waals surface area contributed by atoms with Gasteiger partial charge in [-0.15, -0.1) is 0 Å². The van der Waals surface area contributed by atoms with E-state index in [4.69, 9.17) is 4.74 Å². The summed E-state index contributed by atoms with van der Waals surface area (Å²) in [5, 5.41) is 8.50. The number of hydrogen-bond donors (Lipinski definition) is 2. The van der Waals surface area contributed by atoms with E-state index >= 15 is 0 Å². The maximum Gasteiger partial charge on any atom is 0.237 e. The van der Waals surface area contributed by atoms with Crippen molar-refractivity contribution >= 4 is 24.9 Å². The molecule has 6 heteroatoms. The molecule has 0 aliphatic carbocycles. The van der Waals surface area contributed by atoms with Crippen molar-refractivity contribution in [1.29, 1.82) is 0 Å². The first-order valence-electron chi connectivity index (χ1n) is 16.4. The Labute approximate surface area is 275 Å². The van der Waals surface area contributed by atoms with Crippen LogP contribution in [0.1, 0.15) is 60.3 Å². The lowest BCUT2D eigenvalue weighted by Gasteiger charge is -2.37. The predicted octanol–water partition coefficient (Wildman–Crippen LogP) is 8.27. The second kappa shape index (κ2) is 12.9. The summed E-state index contributed by atoms with van der Waals surface area (Å²) < 4.78 is 8.46. The van der Waals surface area contributed by atoms with Crippen LogP contribution in [-0.4, -0.2) is 24.6 Å². The van der Waals surface area contributed by atoms with Crippen LogP contribution < -0.4 is 15.4 Å². The SMILES string of the molecule is Cn1c2c(c3ccc(C[Si](C)(C)C(C)(C)C)cc31)CC(C(=O)NCc1ccccc1)NC2c1ccc(OCc2ccccc2)cc1. The molecule has 5 aromatic rings. The third-order valence-electron chi connectivity index (χ3n) is 10.2. The van der Waals surface area contributed by atoms with E-state index < -0.39 is 8.07 Å². The average molecular weight is 630 g/mol. The van der Waals surface area contributed by atoms with Crippen molar-refractivity contribution in [2.75, 3.05) is 0 Å². The zero-order valence-electron chi connectivity index (χ0n) is 28.1. The predicted molar refractivity (Wildman–Crippen MR) is 192 cm³/mol. The zero-order chi connectivity index (χ0) is 32.5. The van der Waals surface area contributed by atoms with E-state index in [-0.39, 0.29) is 18.0 Å². The van der Waals surface area contributed by atoms with Crippen LogP contribution in [0.15, 0.2) is 103 Å². The van der Waals surface area contributed by atoms with Crippen LogP contribution in [0.2, 0.25) is 18.1 Å². The van der Waals surface area contributed by atoms with E-state index in [2.05, 4.69) is 98.6 Å². The zero-order valence-corrected chi connectivity index (χ0v) is 29.1. The molecule has 2 heterocycles. The molecule has 6 rings (SSSR count). The number of ether oxygens (including phenoxy) is 1. The minimum Gasteiger partial charge on any atom is -0.489 e. The molecule has 2 atom stereocenters.